The zero-order valence-electron chi connectivity index (χ0n) is 23.2. The lowest BCUT2D eigenvalue weighted by Gasteiger charge is -2.46. The molecule has 1 atom stereocenters. The number of anilines is 1. The van der Waals surface area contributed by atoms with Gasteiger partial charge in [0.05, 0.1) is 32.7 Å². The van der Waals surface area contributed by atoms with Gasteiger partial charge in [0.15, 0.2) is 0 Å². The fourth-order valence-corrected chi connectivity index (χ4v) is 5.98. The van der Waals surface area contributed by atoms with E-state index in [4.69, 9.17) is 4.74 Å². The first-order valence-corrected chi connectivity index (χ1v) is 13.4. The zero-order valence-corrected chi connectivity index (χ0v) is 24.0. The Kier molecular flexibility index (Phi) is 7.76. The number of methoxy groups -OCH3 is 1. The highest BCUT2D eigenvalue weighted by Crippen LogP contribution is 2.49. The molecular weight excluding hydrogens is 539 g/mol. The Hall–Kier alpha value is -3.81. The molecule has 214 valence electrons. The number of rotatable bonds is 9. The van der Waals surface area contributed by atoms with Crippen LogP contribution in [0.15, 0.2) is 37.2 Å². The maximum atomic E-state index is 14.3. The molecule has 4 rings (SSSR count). The van der Waals surface area contributed by atoms with Crippen molar-refractivity contribution in [2.45, 2.75) is 51.8 Å². The summed E-state index contributed by atoms with van der Waals surface area (Å²) in [5, 5.41) is 34.4. The SMILES string of the molecule is C=C1c2c(sc(-n3nccn3)c2C)N(CC(O)(CO)c2cc(F)ccc2OC)C(=O)N1C(C)(C)C(=O)NC(C)C. The molecule has 3 amide bonds. The standard InChI is InChI=1S/C27H33FN6O5S/c1-15(2)31-24(36)26(5,6)33-17(4)21-16(3)22(34-29-10-11-30-34)40-23(21)32(25(33)37)13-27(38,14-35)19-12-18(28)8-9-20(19)39-7/h8-12,15,35,38H,4,13-14H2,1-3,5-7H3,(H,31,36). The Balaban J connectivity index is 1.91. The molecule has 0 radical (unpaired) electrons. The maximum Gasteiger partial charge on any atom is 0.330 e. The minimum absolute atomic E-state index is 0.0399. The van der Waals surface area contributed by atoms with Crippen molar-refractivity contribution in [1.82, 2.24) is 25.2 Å². The summed E-state index contributed by atoms with van der Waals surface area (Å²) in [7, 11) is 1.35. The van der Waals surface area contributed by atoms with Gasteiger partial charge in [0, 0.05) is 22.9 Å². The largest absolute Gasteiger partial charge is 0.496 e. The summed E-state index contributed by atoms with van der Waals surface area (Å²) < 4.78 is 19.6. The molecule has 0 saturated heterocycles. The highest BCUT2D eigenvalue weighted by Gasteiger charge is 2.49. The zero-order chi connectivity index (χ0) is 29.6. The number of thiophene rings is 1. The Morgan fingerprint density at radius 3 is 2.48 bits per heavy atom. The molecule has 0 aliphatic carbocycles. The number of aromatic nitrogens is 3. The van der Waals surface area contributed by atoms with Crippen molar-refractivity contribution in [3.8, 4) is 10.8 Å². The van der Waals surface area contributed by atoms with Crippen molar-refractivity contribution in [1.29, 1.82) is 0 Å². The van der Waals surface area contributed by atoms with E-state index in [1.165, 1.54) is 51.5 Å². The van der Waals surface area contributed by atoms with Crippen molar-refractivity contribution in [2.75, 3.05) is 25.2 Å². The summed E-state index contributed by atoms with van der Waals surface area (Å²) in [4.78, 5) is 31.5. The first-order chi connectivity index (χ1) is 18.8. The first-order valence-electron chi connectivity index (χ1n) is 12.6. The molecule has 13 heteroatoms. The number of benzene rings is 1. The van der Waals surface area contributed by atoms with Gasteiger partial charge in [-0.3, -0.25) is 14.6 Å². The highest BCUT2D eigenvalue weighted by atomic mass is 32.1. The number of aliphatic hydroxyl groups excluding tert-OH is 1. The van der Waals surface area contributed by atoms with Crippen LogP contribution >= 0.6 is 11.3 Å². The molecule has 0 bridgehead atoms. The number of carbonyl (C=O) groups excluding carboxylic acids is 2. The number of carbonyl (C=O) groups is 2. The van der Waals surface area contributed by atoms with Gasteiger partial charge in [0.1, 0.15) is 32.7 Å². The van der Waals surface area contributed by atoms with Crippen molar-refractivity contribution in [3.63, 3.8) is 0 Å². The van der Waals surface area contributed by atoms with E-state index in [0.29, 0.717) is 21.1 Å². The third-order valence-electron chi connectivity index (χ3n) is 6.81. The average Bonchev–Trinajstić information content (AvgIpc) is 3.54. The summed E-state index contributed by atoms with van der Waals surface area (Å²) in [5.74, 6) is -0.940. The topological polar surface area (TPSA) is 133 Å². The number of β-amino-alcohol motifs (C(OH)–C–C–N with tert-alkyl or cyclic N) is 1. The molecule has 1 unspecified atom stereocenters. The van der Waals surface area contributed by atoms with Gasteiger partial charge in [-0.15, -0.1) is 4.80 Å². The number of fused-ring (bicyclic) bond motifs is 1. The Morgan fingerprint density at radius 2 is 1.90 bits per heavy atom. The van der Waals surface area contributed by atoms with Crippen molar-refractivity contribution in [2.24, 2.45) is 0 Å². The van der Waals surface area contributed by atoms with Crippen LogP contribution in [0.3, 0.4) is 0 Å². The third-order valence-corrected chi connectivity index (χ3v) is 8.09. The Morgan fingerprint density at radius 1 is 1.25 bits per heavy atom. The number of amides is 3. The first kappa shape index (κ1) is 29.2. The molecule has 1 aliphatic heterocycles. The number of urea groups is 1. The van der Waals surface area contributed by atoms with Crippen LogP contribution in [0.4, 0.5) is 14.2 Å². The molecule has 0 fully saturated rings. The second-order valence-corrected chi connectivity index (χ2v) is 11.4. The third kappa shape index (κ3) is 4.84. The predicted octanol–water partition coefficient (Wildman–Crippen LogP) is 3.18. The van der Waals surface area contributed by atoms with E-state index in [1.807, 2.05) is 20.8 Å². The molecule has 40 heavy (non-hydrogen) atoms. The van der Waals surface area contributed by atoms with Crippen LogP contribution in [0, 0.1) is 12.7 Å². The van der Waals surface area contributed by atoms with Gasteiger partial charge in [-0.1, -0.05) is 17.9 Å². The van der Waals surface area contributed by atoms with Crippen LogP contribution in [-0.4, -0.2) is 73.9 Å². The van der Waals surface area contributed by atoms with Crippen LogP contribution in [-0.2, 0) is 10.4 Å². The van der Waals surface area contributed by atoms with Gasteiger partial charge >= 0.3 is 6.03 Å². The van der Waals surface area contributed by atoms with E-state index in [0.717, 1.165) is 12.1 Å². The minimum atomic E-state index is -2.14. The number of nitrogens with zero attached hydrogens (tertiary/aromatic N) is 5. The molecular formula is C27H33FN6O5S. The molecule has 0 spiro atoms. The number of ether oxygens (including phenoxy) is 1. The van der Waals surface area contributed by atoms with Crippen LogP contribution in [0.25, 0.3) is 10.7 Å². The molecule has 3 heterocycles. The number of hydrogen-bond donors (Lipinski definition) is 3. The van der Waals surface area contributed by atoms with E-state index in [-0.39, 0.29) is 23.1 Å². The fourth-order valence-electron chi connectivity index (χ4n) is 4.74. The summed E-state index contributed by atoms with van der Waals surface area (Å²) >= 11 is 1.18. The number of aliphatic hydroxyl groups is 2. The molecule has 11 nitrogen and oxygen atoms in total. The molecule has 3 N–H and O–H groups in total. The fraction of sp³-hybridized carbons (Fsp3) is 0.407. The van der Waals surface area contributed by atoms with Crippen LogP contribution in [0.5, 0.6) is 5.75 Å². The smallest absolute Gasteiger partial charge is 0.330 e. The minimum Gasteiger partial charge on any atom is -0.496 e. The van der Waals surface area contributed by atoms with Gasteiger partial charge in [-0.05, 0) is 58.4 Å². The summed E-state index contributed by atoms with van der Waals surface area (Å²) in [6.45, 7) is 11.5. The van der Waals surface area contributed by atoms with Gasteiger partial charge < -0.3 is 20.3 Å². The van der Waals surface area contributed by atoms with E-state index in [1.54, 1.807) is 13.8 Å². The van der Waals surface area contributed by atoms with E-state index in [9.17, 15) is 24.2 Å². The van der Waals surface area contributed by atoms with Crippen LogP contribution in [0.1, 0.15) is 44.4 Å². The molecule has 1 aliphatic rings. The lowest BCUT2D eigenvalue weighted by Crippen LogP contribution is -2.62. The second kappa shape index (κ2) is 10.6. The summed E-state index contributed by atoms with van der Waals surface area (Å²) in [6, 6.07) is 2.70. The lowest BCUT2D eigenvalue weighted by molar-refractivity contribution is -0.129. The van der Waals surface area contributed by atoms with Gasteiger partial charge in [-0.25, -0.2) is 9.18 Å². The van der Waals surface area contributed by atoms with Gasteiger partial charge in [0.25, 0.3) is 0 Å². The quantitative estimate of drug-likeness (QED) is 0.359. The number of hydrogen-bond acceptors (Lipinski definition) is 8. The molecule has 3 aromatic rings. The Bertz CT molecular complexity index is 1450. The Labute approximate surface area is 235 Å². The number of halogens is 1. The van der Waals surface area contributed by atoms with Gasteiger partial charge in [0.2, 0.25) is 5.91 Å². The second-order valence-electron chi connectivity index (χ2n) is 10.4. The molecule has 2 aromatic heterocycles. The van der Waals surface area contributed by atoms with Crippen molar-refractivity contribution >= 4 is 34.0 Å². The van der Waals surface area contributed by atoms with Crippen LogP contribution < -0.4 is 15.0 Å². The van der Waals surface area contributed by atoms with Gasteiger partial charge in [-0.2, -0.15) is 10.2 Å². The summed E-state index contributed by atoms with van der Waals surface area (Å²) in [5.41, 5.74) is -2.06. The lowest BCUT2D eigenvalue weighted by atomic mass is 9.91. The summed E-state index contributed by atoms with van der Waals surface area (Å²) in [6.07, 6.45) is 3.03. The maximum absolute atomic E-state index is 14.3. The van der Waals surface area contributed by atoms with E-state index >= 15 is 0 Å². The van der Waals surface area contributed by atoms with Crippen molar-refractivity contribution in [3.05, 3.63) is 59.7 Å². The van der Waals surface area contributed by atoms with Crippen molar-refractivity contribution < 1.29 is 28.9 Å². The predicted molar refractivity (Wildman–Crippen MR) is 149 cm³/mol. The highest BCUT2D eigenvalue weighted by molar-refractivity contribution is 7.19. The molecule has 1 aromatic carbocycles. The monoisotopic (exact) mass is 572 g/mol. The number of nitrogens with one attached hydrogen (secondary N) is 1. The van der Waals surface area contributed by atoms with E-state index in [2.05, 4.69) is 22.1 Å². The van der Waals surface area contributed by atoms with E-state index < -0.39 is 42.0 Å². The van der Waals surface area contributed by atoms with Crippen LogP contribution in [0.2, 0.25) is 0 Å². The average molecular weight is 573 g/mol. The normalized spacial score (nSPS) is 15.3. The molecule has 0 saturated carbocycles.